The van der Waals surface area contributed by atoms with Crippen LogP contribution in [0.25, 0.3) is 17.2 Å². The number of allylic oxidation sites excluding steroid dienone is 1. The van der Waals surface area contributed by atoms with E-state index in [4.69, 9.17) is 4.74 Å². The molecule has 0 aromatic heterocycles. The van der Waals surface area contributed by atoms with Crippen LogP contribution >= 0.6 is 0 Å². The second-order valence-corrected chi connectivity index (χ2v) is 6.96. The second-order valence-electron chi connectivity index (χ2n) is 6.96. The monoisotopic (exact) mass is 426 g/mol. The van der Waals surface area contributed by atoms with Crippen molar-refractivity contribution in [2.75, 3.05) is 0 Å². The summed E-state index contributed by atoms with van der Waals surface area (Å²) in [6, 6.07) is 17.1. The normalized spacial score (nSPS) is 17.8. The van der Waals surface area contributed by atoms with Crippen molar-refractivity contribution in [3.05, 3.63) is 101 Å². The van der Waals surface area contributed by atoms with E-state index < -0.39 is 35.2 Å². The lowest BCUT2D eigenvalue weighted by atomic mass is 9.93. The predicted octanol–water partition coefficient (Wildman–Crippen LogP) is 5.76. The molecule has 3 nitrogen and oxygen atoms in total. The van der Waals surface area contributed by atoms with Crippen molar-refractivity contribution >= 4 is 17.8 Å². The summed E-state index contributed by atoms with van der Waals surface area (Å²) in [7, 11) is 0. The van der Waals surface area contributed by atoms with E-state index in [2.05, 4.69) is 0 Å². The van der Waals surface area contributed by atoms with Gasteiger partial charge in [0.15, 0.2) is 5.76 Å². The highest BCUT2D eigenvalue weighted by Gasteiger charge is 2.41. The number of esters is 1. The van der Waals surface area contributed by atoms with Gasteiger partial charge in [-0.05, 0) is 41.0 Å². The maximum atomic E-state index is 14.7. The first-order valence-electron chi connectivity index (χ1n) is 9.24. The zero-order valence-electron chi connectivity index (χ0n) is 15.8. The van der Waals surface area contributed by atoms with Crippen LogP contribution in [0, 0.1) is 5.82 Å². The Kier molecular flexibility index (Phi) is 5.19. The van der Waals surface area contributed by atoms with Crippen molar-refractivity contribution in [1.82, 2.24) is 0 Å². The minimum absolute atomic E-state index is 0.0530. The zero-order valence-corrected chi connectivity index (χ0v) is 15.8. The van der Waals surface area contributed by atoms with Gasteiger partial charge in [0.2, 0.25) is 5.78 Å². The number of ketones is 1. The minimum Gasteiger partial charge on any atom is -0.422 e. The molecule has 0 amide bonds. The summed E-state index contributed by atoms with van der Waals surface area (Å²) in [5.74, 6) is -4.03. The van der Waals surface area contributed by atoms with Crippen molar-refractivity contribution < 1.29 is 31.9 Å². The highest BCUT2D eigenvalue weighted by Crippen LogP contribution is 2.34. The highest BCUT2D eigenvalue weighted by molar-refractivity contribution is 6.19. The predicted molar refractivity (Wildman–Crippen MR) is 105 cm³/mol. The molecule has 0 N–H and O–H groups in total. The van der Waals surface area contributed by atoms with E-state index in [1.54, 1.807) is 30.3 Å². The molecule has 1 saturated heterocycles. The van der Waals surface area contributed by atoms with E-state index in [1.807, 2.05) is 0 Å². The molecule has 1 aliphatic rings. The maximum absolute atomic E-state index is 14.7. The molecule has 3 aromatic rings. The molecule has 1 heterocycles. The SMILES string of the molecule is O=C1O/C(=C\c2cccc(C(F)(F)F)c2)C(=O)C1c1ccc(-c2ccccc2)c(F)c1. The topological polar surface area (TPSA) is 43.4 Å². The van der Waals surface area contributed by atoms with Crippen LogP contribution < -0.4 is 0 Å². The number of carbonyl (C=O) groups is 2. The number of ether oxygens (including phenoxy) is 1. The van der Waals surface area contributed by atoms with Crippen molar-refractivity contribution in [3.8, 4) is 11.1 Å². The van der Waals surface area contributed by atoms with Crippen molar-refractivity contribution in [1.29, 1.82) is 0 Å². The molecular formula is C24H14F4O3. The Bertz CT molecular complexity index is 1200. The Morgan fingerprint density at radius 1 is 0.871 bits per heavy atom. The summed E-state index contributed by atoms with van der Waals surface area (Å²) in [5.41, 5.74) is 0.213. The van der Waals surface area contributed by atoms with Gasteiger partial charge in [-0.3, -0.25) is 9.59 Å². The fourth-order valence-electron chi connectivity index (χ4n) is 3.37. The Labute approximate surface area is 174 Å². The van der Waals surface area contributed by atoms with Gasteiger partial charge < -0.3 is 4.74 Å². The molecule has 1 aliphatic heterocycles. The zero-order chi connectivity index (χ0) is 22.2. The molecule has 0 radical (unpaired) electrons. The number of hydrogen-bond donors (Lipinski definition) is 0. The standard InChI is InChI=1S/C24H14F4O3/c25-19-13-16(9-10-18(19)15-6-2-1-3-7-15)21-22(29)20(31-23(21)30)12-14-5-4-8-17(11-14)24(26,27)28/h1-13,21H/b20-12-. The first kappa shape index (κ1) is 20.5. The van der Waals surface area contributed by atoms with Gasteiger partial charge in [0.1, 0.15) is 11.7 Å². The van der Waals surface area contributed by atoms with E-state index in [0.717, 1.165) is 24.3 Å². The van der Waals surface area contributed by atoms with Gasteiger partial charge in [0, 0.05) is 5.56 Å². The molecule has 0 bridgehead atoms. The third kappa shape index (κ3) is 4.12. The molecular weight excluding hydrogens is 412 g/mol. The summed E-state index contributed by atoms with van der Waals surface area (Å²) in [5, 5.41) is 0. The summed E-state index contributed by atoms with van der Waals surface area (Å²) < 4.78 is 58.3. The van der Waals surface area contributed by atoms with Crippen LogP contribution in [-0.4, -0.2) is 11.8 Å². The molecule has 1 unspecified atom stereocenters. The van der Waals surface area contributed by atoms with E-state index >= 15 is 0 Å². The third-order valence-electron chi connectivity index (χ3n) is 4.87. The van der Waals surface area contributed by atoms with E-state index in [9.17, 15) is 27.2 Å². The molecule has 156 valence electrons. The van der Waals surface area contributed by atoms with E-state index in [0.29, 0.717) is 11.1 Å². The molecule has 0 spiro atoms. The lowest BCUT2D eigenvalue weighted by Gasteiger charge is -2.08. The second kappa shape index (κ2) is 7.83. The smallest absolute Gasteiger partial charge is 0.416 e. The van der Waals surface area contributed by atoms with E-state index in [-0.39, 0.29) is 16.9 Å². The number of rotatable bonds is 3. The Hall–Kier alpha value is -3.74. The van der Waals surface area contributed by atoms with Crippen molar-refractivity contribution in [2.24, 2.45) is 0 Å². The van der Waals surface area contributed by atoms with Crippen LogP contribution in [0.15, 0.2) is 78.6 Å². The number of halogens is 4. The van der Waals surface area contributed by atoms with Gasteiger partial charge in [0.05, 0.1) is 5.56 Å². The van der Waals surface area contributed by atoms with Gasteiger partial charge in [-0.15, -0.1) is 0 Å². The van der Waals surface area contributed by atoms with Crippen molar-refractivity contribution in [2.45, 2.75) is 12.1 Å². The van der Waals surface area contributed by atoms with Crippen molar-refractivity contribution in [3.63, 3.8) is 0 Å². The number of Topliss-reactive ketones (excluding diaryl/α,β-unsaturated/α-hetero) is 1. The molecule has 4 rings (SSSR count). The molecule has 3 aromatic carbocycles. The van der Waals surface area contributed by atoms with Gasteiger partial charge in [-0.25, -0.2) is 4.39 Å². The van der Waals surface area contributed by atoms with Crippen LogP contribution in [0.4, 0.5) is 17.6 Å². The summed E-state index contributed by atoms with van der Waals surface area (Å²) in [6.45, 7) is 0. The Balaban J connectivity index is 1.63. The fourth-order valence-corrected chi connectivity index (χ4v) is 3.37. The van der Waals surface area contributed by atoms with Crippen LogP contribution in [-0.2, 0) is 20.5 Å². The lowest BCUT2D eigenvalue weighted by Crippen LogP contribution is -2.13. The van der Waals surface area contributed by atoms with Crippen LogP contribution in [0.3, 0.4) is 0 Å². The third-order valence-corrected chi connectivity index (χ3v) is 4.87. The lowest BCUT2D eigenvalue weighted by molar-refractivity contribution is -0.138. The van der Waals surface area contributed by atoms with Crippen LogP contribution in [0.5, 0.6) is 0 Å². The quantitative estimate of drug-likeness (QED) is 0.231. The fraction of sp³-hybridized carbons (Fsp3) is 0.0833. The van der Waals surface area contributed by atoms with Gasteiger partial charge >= 0.3 is 12.1 Å². The number of benzene rings is 3. The highest BCUT2D eigenvalue weighted by atomic mass is 19.4. The van der Waals surface area contributed by atoms with Crippen LogP contribution in [0.1, 0.15) is 22.6 Å². The first-order valence-corrected chi connectivity index (χ1v) is 9.24. The average Bonchev–Trinajstić information content (AvgIpc) is 3.01. The number of alkyl halides is 3. The van der Waals surface area contributed by atoms with E-state index in [1.165, 1.54) is 24.3 Å². The summed E-state index contributed by atoms with van der Waals surface area (Å²) >= 11 is 0. The van der Waals surface area contributed by atoms with Gasteiger partial charge in [0.25, 0.3) is 0 Å². The maximum Gasteiger partial charge on any atom is 0.416 e. The molecule has 1 fully saturated rings. The Morgan fingerprint density at radius 2 is 1.61 bits per heavy atom. The summed E-state index contributed by atoms with van der Waals surface area (Å²) in [4.78, 5) is 25.0. The molecule has 1 atom stereocenters. The molecule has 0 saturated carbocycles. The Morgan fingerprint density at radius 3 is 2.29 bits per heavy atom. The summed E-state index contributed by atoms with van der Waals surface area (Å²) in [6.07, 6.45) is -3.48. The first-order chi connectivity index (χ1) is 14.7. The number of cyclic esters (lactones) is 1. The number of carbonyl (C=O) groups excluding carboxylic acids is 2. The minimum atomic E-state index is -4.55. The molecule has 31 heavy (non-hydrogen) atoms. The van der Waals surface area contributed by atoms with Gasteiger partial charge in [-0.1, -0.05) is 54.6 Å². The molecule has 7 heteroatoms. The van der Waals surface area contributed by atoms with Crippen LogP contribution in [0.2, 0.25) is 0 Å². The average molecular weight is 426 g/mol. The number of hydrogen-bond acceptors (Lipinski definition) is 3. The largest absolute Gasteiger partial charge is 0.422 e. The van der Waals surface area contributed by atoms with Gasteiger partial charge in [-0.2, -0.15) is 13.2 Å². The molecule has 0 aliphatic carbocycles.